The van der Waals surface area contributed by atoms with E-state index in [9.17, 15) is 4.79 Å². The van der Waals surface area contributed by atoms with Gasteiger partial charge in [-0.15, -0.1) is 5.92 Å². The summed E-state index contributed by atoms with van der Waals surface area (Å²) in [6.07, 6.45) is 1.81. The van der Waals surface area contributed by atoms with Gasteiger partial charge < -0.3 is 11.1 Å². The molecule has 3 unspecified atom stereocenters. The molecule has 0 bridgehead atoms. The Kier molecular flexibility index (Phi) is 4.59. The van der Waals surface area contributed by atoms with E-state index in [1.807, 2.05) is 0 Å². The molecular weight excluding hydrogens is 212 g/mol. The van der Waals surface area contributed by atoms with Gasteiger partial charge in [0.1, 0.15) is 0 Å². The molecule has 0 radical (unpaired) electrons. The molecule has 17 heavy (non-hydrogen) atoms. The number of carbonyl (C=O) groups is 1. The molecule has 0 spiro atoms. The highest BCUT2D eigenvalue weighted by molar-refractivity contribution is 5.79. The smallest absolute Gasteiger partial charge is 0.224 e. The third-order valence-electron chi connectivity index (χ3n) is 4.35. The molecule has 0 heterocycles. The highest BCUT2D eigenvalue weighted by atomic mass is 16.1. The van der Waals surface area contributed by atoms with Crippen LogP contribution in [0.3, 0.4) is 0 Å². The molecule has 3 heteroatoms. The molecule has 1 rings (SSSR count). The van der Waals surface area contributed by atoms with Crippen molar-refractivity contribution in [1.82, 2.24) is 5.32 Å². The van der Waals surface area contributed by atoms with Gasteiger partial charge in [-0.05, 0) is 31.1 Å². The molecule has 3 N–H and O–H groups in total. The largest absolute Gasteiger partial charge is 0.345 e. The average molecular weight is 236 g/mol. The van der Waals surface area contributed by atoms with Crippen LogP contribution in [0.5, 0.6) is 0 Å². The minimum Gasteiger partial charge on any atom is -0.345 e. The van der Waals surface area contributed by atoms with Crippen LogP contribution in [-0.2, 0) is 4.79 Å². The number of hydrogen-bond donors (Lipinski definition) is 2. The van der Waals surface area contributed by atoms with E-state index in [4.69, 9.17) is 5.73 Å². The van der Waals surface area contributed by atoms with Gasteiger partial charge in [0.05, 0.1) is 6.54 Å². The third kappa shape index (κ3) is 3.01. The SMILES string of the molecule is CC#CCNC(=O)C1CCC(N)C(C)C1(C)C. The summed E-state index contributed by atoms with van der Waals surface area (Å²) >= 11 is 0. The molecule has 3 nitrogen and oxygen atoms in total. The van der Waals surface area contributed by atoms with Crippen molar-refractivity contribution in [2.75, 3.05) is 6.54 Å². The van der Waals surface area contributed by atoms with Crippen LogP contribution >= 0.6 is 0 Å². The number of rotatable bonds is 2. The lowest BCUT2D eigenvalue weighted by Crippen LogP contribution is -2.51. The lowest BCUT2D eigenvalue weighted by Gasteiger charge is -2.45. The Morgan fingerprint density at radius 2 is 2.12 bits per heavy atom. The summed E-state index contributed by atoms with van der Waals surface area (Å²) in [6, 6.07) is 0.212. The first-order valence-electron chi connectivity index (χ1n) is 6.34. The zero-order chi connectivity index (χ0) is 13.1. The first-order valence-corrected chi connectivity index (χ1v) is 6.34. The predicted molar refractivity (Wildman–Crippen MR) is 70.1 cm³/mol. The van der Waals surface area contributed by atoms with Crippen molar-refractivity contribution in [3.63, 3.8) is 0 Å². The Labute approximate surface area is 105 Å². The van der Waals surface area contributed by atoms with Crippen molar-refractivity contribution in [3.8, 4) is 11.8 Å². The number of nitrogens with two attached hydrogens (primary N) is 1. The Morgan fingerprint density at radius 3 is 2.71 bits per heavy atom. The molecule has 1 fully saturated rings. The molecule has 96 valence electrons. The Bertz CT molecular complexity index is 338. The van der Waals surface area contributed by atoms with E-state index in [0.717, 1.165) is 12.8 Å². The predicted octanol–water partition coefficient (Wildman–Crippen LogP) is 1.53. The summed E-state index contributed by atoms with van der Waals surface area (Å²) in [5.41, 5.74) is 6.04. The van der Waals surface area contributed by atoms with Gasteiger partial charge in [0.2, 0.25) is 5.91 Å². The maximum Gasteiger partial charge on any atom is 0.224 e. The maximum atomic E-state index is 12.1. The topological polar surface area (TPSA) is 55.1 Å². The minimum absolute atomic E-state index is 0.0403. The van der Waals surface area contributed by atoms with E-state index in [2.05, 4.69) is 37.9 Å². The summed E-state index contributed by atoms with van der Waals surface area (Å²) in [5.74, 6) is 6.18. The van der Waals surface area contributed by atoms with Gasteiger partial charge in [0.25, 0.3) is 0 Å². The molecule has 0 aromatic heterocycles. The molecule has 3 atom stereocenters. The standard InChI is InChI=1S/C14H24N2O/c1-5-6-9-16-13(17)11-7-8-12(15)10(2)14(11,3)4/h10-12H,7-9,15H2,1-4H3,(H,16,17). The Morgan fingerprint density at radius 1 is 1.47 bits per heavy atom. The molecule has 1 saturated carbocycles. The number of nitrogens with one attached hydrogen (secondary N) is 1. The normalized spacial score (nSPS) is 31.2. The van der Waals surface area contributed by atoms with Crippen LogP contribution in [-0.4, -0.2) is 18.5 Å². The van der Waals surface area contributed by atoms with Gasteiger partial charge in [-0.2, -0.15) is 0 Å². The van der Waals surface area contributed by atoms with E-state index in [0.29, 0.717) is 12.5 Å². The first kappa shape index (κ1) is 14.1. The minimum atomic E-state index is -0.0403. The fourth-order valence-electron chi connectivity index (χ4n) is 2.66. The summed E-state index contributed by atoms with van der Waals surface area (Å²) < 4.78 is 0. The molecule has 0 aromatic rings. The summed E-state index contributed by atoms with van der Waals surface area (Å²) in [7, 11) is 0. The Balaban J connectivity index is 2.69. The van der Waals surface area contributed by atoms with Gasteiger partial charge >= 0.3 is 0 Å². The molecule has 1 aliphatic carbocycles. The van der Waals surface area contributed by atoms with E-state index in [-0.39, 0.29) is 23.3 Å². The van der Waals surface area contributed by atoms with Crippen LogP contribution in [0.25, 0.3) is 0 Å². The molecule has 1 amide bonds. The third-order valence-corrected chi connectivity index (χ3v) is 4.35. The van der Waals surface area contributed by atoms with Crippen LogP contribution in [0.2, 0.25) is 0 Å². The molecule has 0 aliphatic heterocycles. The van der Waals surface area contributed by atoms with E-state index >= 15 is 0 Å². The zero-order valence-corrected chi connectivity index (χ0v) is 11.3. The molecule has 1 aliphatic rings. The monoisotopic (exact) mass is 236 g/mol. The van der Waals surface area contributed by atoms with Gasteiger partial charge in [0, 0.05) is 12.0 Å². The van der Waals surface area contributed by atoms with Crippen LogP contribution in [0.4, 0.5) is 0 Å². The molecular formula is C14H24N2O. The van der Waals surface area contributed by atoms with Crippen molar-refractivity contribution >= 4 is 5.91 Å². The summed E-state index contributed by atoms with van der Waals surface area (Å²) in [6.45, 7) is 8.66. The first-order chi connectivity index (χ1) is 7.91. The van der Waals surface area contributed by atoms with Gasteiger partial charge in [-0.25, -0.2) is 0 Å². The second-order valence-corrected chi connectivity index (χ2v) is 5.55. The lowest BCUT2D eigenvalue weighted by atomic mass is 9.61. The van der Waals surface area contributed by atoms with Crippen molar-refractivity contribution in [2.45, 2.75) is 46.6 Å². The van der Waals surface area contributed by atoms with Crippen molar-refractivity contribution in [1.29, 1.82) is 0 Å². The fourth-order valence-corrected chi connectivity index (χ4v) is 2.66. The van der Waals surface area contributed by atoms with Crippen molar-refractivity contribution in [2.24, 2.45) is 23.0 Å². The number of carbonyl (C=O) groups excluding carboxylic acids is 1. The van der Waals surface area contributed by atoms with E-state index in [1.54, 1.807) is 6.92 Å². The van der Waals surface area contributed by atoms with Crippen LogP contribution in [0, 0.1) is 29.1 Å². The van der Waals surface area contributed by atoms with Gasteiger partial charge in [-0.3, -0.25) is 4.79 Å². The van der Waals surface area contributed by atoms with E-state index in [1.165, 1.54) is 0 Å². The second-order valence-electron chi connectivity index (χ2n) is 5.55. The quantitative estimate of drug-likeness (QED) is 0.714. The number of hydrogen-bond acceptors (Lipinski definition) is 2. The van der Waals surface area contributed by atoms with E-state index < -0.39 is 0 Å². The Hall–Kier alpha value is -1.01. The van der Waals surface area contributed by atoms with Gasteiger partial charge in [-0.1, -0.05) is 26.7 Å². The second kappa shape index (κ2) is 5.55. The van der Waals surface area contributed by atoms with Crippen molar-refractivity contribution in [3.05, 3.63) is 0 Å². The maximum absolute atomic E-state index is 12.1. The average Bonchev–Trinajstić information content (AvgIpc) is 2.26. The number of amides is 1. The fraction of sp³-hybridized carbons (Fsp3) is 0.786. The summed E-state index contributed by atoms with van der Waals surface area (Å²) in [4.78, 5) is 12.1. The van der Waals surface area contributed by atoms with Crippen LogP contribution in [0.15, 0.2) is 0 Å². The lowest BCUT2D eigenvalue weighted by molar-refractivity contribution is -0.132. The van der Waals surface area contributed by atoms with Crippen LogP contribution in [0.1, 0.15) is 40.5 Å². The summed E-state index contributed by atoms with van der Waals surface area (Å²) in [5, 5.41) is 2.89. The van der Waals surface area contributed by atoms with Crippen molar-refractivity contribution < 1.29 is 4.79 Å². The zero-order valence-electron chi connectivity index (χ0n) is 11.3. The molecule has 0 aromatic carbocycles. The van der Waals surface area contributed by atoms with Gasteiger partial charge in [0.15, 0.2) is 0 Å². The highest BCUT2D eigenvalue weighted by Gasteiger charge is 2.44. The molecule has 0 saturated heterocycles. The van der Waals surface area contributed by atoms with Crippen LogP contribution < -0.4 is 11.1 Å². The highest BCUT2D eigenvalue weighted by Crippen LogP contribution is 2.44.